The Morgan fingerprint density at radius 1 is 1.25 bits per heavy atom. The van der Waals surface area contributed by atoms with Crippen molar-refractivity contribution in [3.63, 3.8) is 0 Å². The topological polar surface area (TPSA) is 121 Å². The van der Waals surface area contributed by atoms with Gasteiger partial charge in [0.2, 0.25) is 0 Å². The summed E-state index contributed by atoms with van der Waals surface area (Å²) in [6.45, 7) is 3.39. The molecule has 0 aliphatic carbocycles. The molecule has 108 valence electrons. The van der Waals surface area contributed by atoms with Gasteiger partial charge in [0, 0.05) is 24.8 Å². The predicted octanol–water partition coefficient (Wildman–Crippen LogP) is 0.294. The molecule has 0 aliphatic rings. The second kappa shape index (κ2) is 7.85. The Hall–Kier alpha value is -2.48. The molecule has 2 aromatic rings. The van der Waals surface area contributed by atoms with Gasteiger partial charge in [-0.25, -0.2) is 14.8 Å². The molecular formula is C12H16N4O4. The van der Waals surface area contributed by atoms with Gasteiger partial charge in [-0.15, -0.1) is 0 Å². The molecule has 0 aliphatic heterocycles. The normalized spacial score (nSPS) is 11.2. The van der Waals surface area contributed by atoms with Crippen LogP contribution < -0.4 is 0 Å². The van der Waals surface area contributed by atoms with E-state index in [0.717, 1.165) is 0 Å². The zero-order valence-electron chi connectivity index (χ0n) is 11.2. The second-order valence-corrected chi connectivity index (χ2v) is 3.63. The van der Waals surface area contributed by atoms with Crippen molar-refractivity contribution in [3.8, 4) is 0 Å². The minimum atomic E-state index is -0.991. The predicted molar refractivity (Wildman–Crippen MR) is 68.9 cm³/mol. The number of aliphatic hydroxyl groups excluding tert-OH is 1. The van der Waals surface area contributed by atoms with Crippen LogP contribution in [0.25, 0.3) is 0 Å². The Kier molecular flexibility index (Phi) is 6.11. The van der Waals surface area contributed by atoms with Crippen molar-refractivity contribution in [3.05, 3.63) is 36.4 Å². The van der Waals surface area contributed by atoms with Crippen LogP contribution in [0, 0.1) is 0 Å². The first-order valence-corrected chi connectivity index (χ1v) is 5.94. The van der Waals surface area contributed by atoms with Crippen LogP contribution in [0.2, 0.25) is 0 Å². The maximum atomic E-state index is 11.4. The molecule has 1 unspecified atom stereocenters. The molecule has 0 spiro atoms. The highest BCUT2D eigenvalue weighted by Crippen LogP contribution is 1.98. The number of hydrogen-bond acceptors (Lipinski definition) is 6. The fourth-order valence-electron chi connectivity index (χ4n) is 1.15. The first-order chi connectivity index (χ1) is 9.56. The third kappa shape index (κ3) is 4.65. The summed E-state index contributed by atoms with van der Waals surface area (Å²) in [5.74, 6) is -0.201. The Balaban J connectivity index is 0.000000221. The third-order valence-electron chi connectivity index (χ3n) is 2.05. The van der Waals surface area contributed by atoms with Crippen molar-refractivity contribution in [1.82, 2.24) is 19.9 Å². The van der Waals surface area contributed by atoms with E-state index in [1.54, 1.807) is 19.3 Å². The Labute approximate surface area is 115 Å². The summed E-state index contributed by atoms with van der Waals surface area (Å²) in [5, 5.41) is 8.48. The number of aliphatic hydroxyl groups is 1. The SMILES string of the molecule is CCOC(=O)C(C)O.O=C(c1ncc[nH]1)c1ncc[nH]1. The van der Waals surface area contributed by atoms with Crippen molar-refractivity contribution < 1.29 is 19.4 Å². The molecule has 20 heavy (non-hydrogen) atoms. The summed E-state index contributed by atoms with van der Waals surface area (Å²) in [6, 6.07) is 0. The van der Waals surface area contributed by atoms with Crippen LogP contribution in [0.4, 0.5) is 0 Å². The van der Waals surface area contributed by atoms with Crippen LogP contribution in [0.5, 0.6) is 0 Å². The minimum absolute atomic E-state index is 0.231. The summed E-state index contributed by atoms with van der Waals surface area (Å²) < 4.78 is 4.41. The first kappa shape index (κ1) is 15.6. The van der Waals surface area contributed by atoms with E-state index >= 15 is 0 Å². The Bertz CT molecular complexity index is 483. The number of imidazole rings is 2. The van der Waals surface area contributed by atoms with Crippen molar-refractivity contribution in [2.75, 3.05) is 6.61 Å². The number of aromatic nitrogens is 4. The molecule has 8 heteroatoms. The zero-order chi connectivity index (χ0) is 15.0. The molecule has 0 fully saturated rings. The standard InChI is InChI=1S/C7H6N4O.C5H10O3/c12-5(6-8-1-2-9-6)7-10-3-4-11-7;1-3-8-5(7)4(2)6/h1-4H,(H,8,9)(H,10,11);4,6H,3H2,1-2H3. The van der Waals surface area contributed by atoms with Crippen LogP contribution in [0.1, 0.15) is 30.3 Å². The summed E-state index contributed by atoms with van der Waals surface area (Å²) in [5.41, 5.74) is 0. The molecule has 2 heterocycles. The van der Waals surface area contributed by atoms with Gasteiger partial charge >= 0.3 is 5.97 Å². The van der Waals surface area contributed by atoms with Gasteiger partial charge in [0.05, 0.1) is 6.61 Å². The highest BCUT2D eigenvalue weighted by molar-refractivity contribution is 6.03. The van der Waals surface area contributed by atoms with E-state index in [2.05, 4.69) is 24.7 Å². The molecular weight excluding hydrogens is 264 g/mol. The van der Waals surface area contributed by atoms with Crippen LogP contribution in [-0.2, 0) is 9.53 Å². The van der Waals surface area contributed by atoms with Crippen molar-refractivity contribution in [2.24, 2.45) is 0 Å². The van der Waals surface area contributed by atoms with Gasteiger partial charge in [-0.2, -0.15) is 0 Å². The second-order valence-electron chi connectivity index (χ2n) is 3.63. The Morgan fingerprint density at radius 2 is 1.75 bits per heavy atom. The third-order valence-corrected chi connectivity index (χ3v) is 2.05. The number of aromatic amines is 2. The van der Waals surface area contributed by atoms with E-state index in [9.17, 15) is 9.59 Å². The van der Waals surface area contributed by atoms with E-state index in [0.29, 0.717) is 18.3 Å². The number of nitrogens with one attached hydrogen (secondary N) is 2. The molecule has 1 atom stereocenters. The van der Waals surface area contributed by atoms with Crippen LogP contribution in [0.3, 0.4) is 0 Å². The van der Waals surface area contributed by atoms with E-state index < -0.39 is 12.1 Å². The average molecular weight is 280 g/mol. The molecule has 2 rings (SSSR count). The molecule has 3 N–H and O–H groups in total. The van der Waals surface area contributed by atoms with Gasteiger partial charge < -0.3 is 19.8 Å². The number of carbonyl (C=O) groups excluding carboxylic acids is 2. The monoisotopic (exact) mass is 280 g/mol. The summed E-state index contributed by atoms with van der Waals surface area (Å²) in [4.78, 5) is 34.7. The first-order valence-electron chi connectivity index (χ1n) is 5.94. The number of nitrogens with zero attached hydrogens (tertiary/aromatic N) is 2. The minimum Gasteiger partial charge on any atom is -0.464 e. The molecule has 0 saturated heterocycles. The van der Waals surface area contributed by atoms with Crippen LogP contribution >= 0.6 is 0 Å². The van der Waals surface area contributed by atoms with E-state index in [1.165, 1.54) is 19.3 Å². The van der Waals surface area contributed by atoms with Crippen LogP contribution in [0.15, 0.2) is 24.8 Å². The molecule has 0 amide bonds. The average Bonchev–Trinajstić information content (AvgIpc) is 3.12. The van der Waals surface area contributed by atoms with E-state index in [1.807, 2.05) is 0 Å². The lowest BCUT2D eigenvalue weighted by Gasteiger charge is -2.01. The number of hydrogen-bond donors (Lipinski definition) is 3. The van der Waals surface area contributed by atoms with Gasteiger partial charge in [0.1, 0.15) is 6.10 Å². The number of ketones is 1. The molecule has 0 saturated carbocycles. The van der Waals surface area contributed by atoms with E-state index in [-0.39, 0.29) is 5.78 Å². The maximum absolute atomic E-state index is 11.4. The molecule has 0 aromatic carbocycles. The molecule has 0 bridgehead atoms. The van der Waals surface area contributed by atoms with Gasteiger partial charge in [-0.1, -0.05) is 0 Å². The largest absolute Gasteiger partial charge is 0.464 e. The quantitative estimate of drug-likeness (QED) is 0.547. The lowest BCUT2D eigenvalue weighted by Crippen LogP contribution is -2.18. The Morgan fingerprint density at radius 3 is 2.00 bits per heavy atom. The van der Waals surface area contributed by atoms with Crippen molar-refractivity contribution in [2.45, 2.75) is 20.0 Å². The number of rotatable bonds is 4. The fourth-order valence-corrected chi connectivity index (χ4v) is 1.15. The van der Waals surface area contributed by atoms with Crippen LogP contribution in [-0.4, -0.2) is 49.5 Å². The summed E-state index contributed by atoms with van der Waals surface area (Å²) in [7, 11) is 0. The fraction of sp³-hybridized carbons (Fsp3) is 0.333. The van der Waals surface area contributed by atoms with Gasteiger partial charge in [-0.3, -0.25) is 4.79 Å². The number of ether oxygens (including phenoxy) is 1. The van der Waals surface area contributed by atoms with Crippen molar-refractivity contribution in [1.29, 1.82) is 0 Å². The van der Waals surface area contributed by atoms with E-state index in [4.69, 9.17) is 5.11 Å². The smallest absolute Gasteiger partial charge is 0.334 e. The maximum Gasteiger partial charge on any atom is 0.334 e. The number of H-pyrrole nitrogens is 2. The summed E-state index contributed by atoms with van der Waals surface area (Å²) in [6.07, 6.45) is 5.24. The highest BCUT2D eigenvalue weighted by atomic mass is 16.5. The lowest BCUT2D eigenvalue weighted by atomic mass is 10.3. The lowest BCUT2D eigenvalue weighted by molar-refractivity contribution is -0.151. The van der Waals surface area contributed by atoms with Crippen molar-refractivity contribution >= 4 is 11.8 Å². The molecule has 0 radical (unpaired) electrons. The zero-order valence-corrected chi connectivity index (χ0v) is 11.2. The highest BCUT2D eigenvalue weighted by Gasteiger charge is 2.12. The molecule has 2 aromatic heterocycles. The number of carbonyl (C=O) groups is 2. The van der Waals surface area contributed by atoms with Gasteiger partial charge in [-0.05, 0) is 13.8 Å². The van der Waals surface area contributed by atoms with Gasteiger partial charge in [0.15, 0.2) is 11.6 Å². The number of esters is 1. The molecule has 8 nitrogen and oxygen atoms in total. The summed E-state index contributed by atoms with van der Waals surface area (Å²) >= 11 is 0. The van der Waals surface area contributed by atoms with Gasteiger partial charge in [0.25, 0.3) is 5.78 Å².